The van der Waals surface area contributed by atoms with Crippen molar-refractivity contribution in [3.8, 4) is 0 Å². The summed E-state index contributed by atoms with van der Waals surface area (Å²) in [4.78, 5) is 38.1. The Labute approximate surface area is 197 Å². The maximum atomic E-state index is 13.1. The molecule has 2 heterocycles. The number of pyridine rings is 2. The van der Waals surface area contributed by atoms with Gasteiger partial charge in [0.25, 0.3) is 0 Å². The van der Waals surface area contributed by atoms with Crippen molar-refractivity contribution in [1.29, 1.82) is 0 Å². The molecule has 2 N–H and O–H groups in total. The number of alkyl halides is 6. The summed E-state index contributed by atoms with van der Waals surface area (Å²) in [5, 5.41) is 3.78. The Kier molecular flexibility index (Phi) is 5.81. The van der Waals surface area contributed by atoms with Crippen LogP contribution in [0.25, 0.3) is 21.8 Å². The molecule has 2 aromatic carbocycles. The van der Waals surface area contributed by atoms with Crippen LogP contribution in [-0.4, -0.2) is 15.2 Å². The molecule has 0 saturated heterocycles. The monoisotopic (exact) mass is 510 g/mol. The number of aromatic nitrogens is 2. The van der Waals surface area contributed by atoms with Crippen LogP contribution in [-0.2, 0) is 26.4 Å². The van der Waals surface area contributed by atoms with Crippen LogP contribution in [0.1, 0.15) is 11.1 Å². The SMILES string of the molecule is Cn1cc(NC(=O)Nc2cn(C)c3ccc(C(F)(F)F)cc3c2=O)c(=O)c2cc(C(F)(F)F)ccc21. The fourth-order valence-electron chi connectivity index (χ4n) is 3.79. The zero-order chi connectivity index (χ0) is 26.6. The molecule has 4 rings (SSSR count). The van der Waals surface area contributed by atoms with E-state index in [2.05, 4.69) is 10.6 Å². The highest BCUT2D eigenvalue weighted by atomic mass is 19.4. The predicted octanol–water partition coefficient (Wildman–Crippen LogP) is 5.07. The molecule has 0 aliphatic heterocycles. The highest BCUT2D eigenvalue weighted by Crippen LogP contribution is 2.32. The first-order valence-corrected chi connectivity index (χ1v) is 10.2. The Morgan fingerprint density at radius 3 is 1.39 bits per heavy atom. The van der Waals surface area contributed by atoms with E-state index in [-0.39, 0.29) is 33.2 Å². The Balaban J connectivity index is 1.70. The van der Waals surface area contributed by atoms with Crippen molar-refractivity contribution in [2.45, 2.75) is 12.4 Å². The van der Waals surface area contributed by atoms with Crippen LogP contribution in [0.3, 0.4) is 0 Å². The van der Waals surface area contributed by atoms with Gasteiger partial charge >= 0.3 is 18.4 Å². The third kappa shape index (κ3) is 4.51. The highest BCUT2D eigenvalue weighted by Gasteiger charge is 2.32. The number of benzene rings is 2. The van der Waals surface area contributed by atoms with Gasteiger partial charge in [0, 0.05) is 37.3 Å². The number of rotatable bonds is 2. The van der Waals surface area contributed by atoms with Crippen LogP contribution >= 0.6 is 0 Å². The van der Waals surface area contributed by atoms with Gasteiger partial charge in [-0.15, -0.1) is 0 Å². The molecule has 188 valence electrons. The van der Waals surface area contributed by atoms with Crippen molar-refractivity contribution in [1.82, 2.24) is 9.13 Å². The standard InChI is InChI=1S/C23H16F6N4O3/c1-32-9-15(19(34)13-7-11(22(24,25)26)3-5-17(13)32)30-21(36)31-16-10-33(2)18-6-4-12(23(27,28)29)8-14(18)20(16)35/h3-10H,1-2H3,(H2,30,31,36). The summed E-state index contributed by atoms with van der Waals surface area (Å²) in [6.07, 6.45) is -7.01. The second-order valence-corrected chi connectivity index (χ2v) is 8.00. The smallest absolute Gasteiger partial charge is 0.348 e. The number of nitrogens with zero attached hydrogens (tertiary/aromatic N) is 2. The first-order chi connectivity index (χ1) is 16.7. The summed E-state index contributed by atoms with van der Waals surface area (Å²) in [6, 6.07) is 4.12. The van der Waals surface area contributed by atoms with Gasteiger partial charge in [0.15, 0.2) is 0 Å². The van der Waals surface area contributed by atoms with Gasteiger partial charge in [0.2, 0.25) is 10.9 Å². The first-order valence-electron chi connectivity index (χ1n) is 10.2. The normalized spacial score (nSPS) is 12.2. The molecule has 7 nitrogen and oxygen atoms in total. The number of hydrogen-bond acceptors (Lipinski definition) is 3. The molecule has 0 unspecified atom stereocenters. The fourth-order valence-corrected chi connectivity index (χ4v) is 3.79. The van der Waals surface area contributed by atoms with Gasteiger partial charge in [-0.3, -0.25) is 9.59 Å². The molecule has 0 saturated carbocycles. The molecule has 0 atom stereocenters. The van der Waals surface area contributed by atoms with Crippen LogP contribution in [0.2, 0.25) is 0 Å². The van der Waals surface area contributed by atoms with Gasteiger partial charge in [0.05, 0.1) is 22.2 Å². The molecule has 13 heteroatoms. The third-order valence-electron chi connectivity index (χ3n) is 5.53. The number of carbonyl (C=O) groups excluding carboxylic acids is 1. The van der Waals surface area contributed by atoms with E-state index in [9.17, 15) is 40.7 Å². The average molecular weight is 510 g/mol. The molecule has 0 aliphatic rings. The molecular weight excluding hydrogens is 494 g/mol. The second-order valence-electron chi connectivity index (χ2n) is 8.00. The summed E-state index contributed by atoms with van der Waals surface area (Å²) in [5.74, 6) is 0. The van der Waals surface area contributed by atoms with E-state index in [1.807, 2.05) is 0 Å². The molecule has 2 amide bonds. The minimum Gasteiger partial charge on any atom is -0.348 e. The minimum absolute atomic E-state index is 0.183. The Hall–Kier alpha value is -4.29. The van der Waals surface area contributed by atoms with Crippen molar-refractivity contribution in [2.24, 2.45) is 14.1 Å². The van der Waals surface area contributed by atoms with Crippen LogP contribution in [0.4, 0.5) is 42.5 Å². The zero-order valence-electron chi connectivity index (χ0n) is 18.5. The first kappa shape index (κ1) is 24.8. The maximum absolute atomic E-state index is 13.1. The molecule has 0 fully saturated rings. The number of urea groups is 1. The molecule has 0 aliphatic carbocycles. The highest BCUT2D eigenvalue weighted by molar-refractivity contribution is 6.01. The average Bonchev–Trinajstić information content (AvgIpc) is 2.78. The van der Waals surface area contributed by atoms with E-state index in [0.717, 1.165) is 24.3 Å². The van der Waals surface area contributed by atoms with Gasteiger partial charge in [-0.05, 0) is 36.4 Å². The summed E-state index contributed by atoms with van der Waals surface area (Å²) >= 11 is 0. The van der Waals surface area contributed by atoms with Crippen LogP contribution in [0.15, 0.2) is 58.4 Å². The van der Waals surface area contributed by atoms with Crippen molar-refractivity contribution in [3.05, 3.63) is 80.4 Å². The number of amides is 2. The molecule has 4 aromatic rings. The summed E-state index contributed by atoms with van der Waals surface area (Å²) in [7, 11) is 2.91. The van der Waals surface area contributed by atoms with E-state index in [0.29, 0.717) is 12.1 Å². The van der Waals surface area contributed by atoms with Crippen LogP contribution in [0, 0.1) is 0 Å². The van der Waals surface area contributed by atoms with E-state index < -0.39 is 40.4 Å². The van der Waals surface area contributed by atoms with Gasteiger partial charge in [-0.25, -0.2) is 4.79 Å². The quantitative estimate of drug-likeness (QED) is 0.370. The molecule has 36 heavy (non-hydrogen) atoms. The van der Waals surface area contributed by atoms with E-state index in [4.69, 9.17) is 0 Å². The predicted molar refractivity (Wildman–Crippen MR) is 121 cm³/mol. The minimum atomic E-state index is -4.69. The number of carbonyl (C=O) groups is 1. The largest absolute Gasteiger partial charge is 0.416 e. The Morgan fingerprint density at radius 2 is 1.06 bits per heavy atom. The Morgan fingerprint density at radius 1 is 0.694 bits per heavy atom. The number of anilines is 2. The van der Waals surface area contributed by atoms with Gasteiger partial charge in [0.1, 0.15) is 11.4 Å². The number of hydrogen-bond donors (Lipinski definition) is 2. The summed E-state index contributed by atoms with van der Waals surface area (Å²) in [5.41, 5.74) is -4.28. The molecule has 2 aromatic heterocycles. The van der Waals surface area contributed by atoms with Crippen molar-refractivity contribution in [2.75, 3.05) is 10.6 Å². The van der Waals surface area contributed by atoms with Gasteiger partial charge in [-0.1, -0.05) is 0 Å². The van der Waals surface area contributed by atoms with Crippen molar-refractivity contribution in [3.63, 3.8) is 0 Å². The lowest BCUT2D eigenvalue weighted by Crippen LogP contribution is -2.27. The molecular formula is C23H16F6N4O3. The molecule has 0 spiro atoms. The van der Waals surface area contributed by atoms with E-state index in [1.54, 1.807) is 0 Å². The fraction of sp³-hybridized carbons (Fsp3) is 0.174. The zero-order valence-corrected chi connectivity index (χ0v) is 18.5. The number of fused-ring (bicyclic) bond motifs is 2. The second kappa shape index (κ2) is 8.43. The molecule has 0 bridgehead atoms. The lowest BCUT2D eigenvalue weighted by Gasteiger charge is -2.14. The van der Waals surface area contributed by atoms with Gasteiger partial charge in [-0.2, -0.15) is 26.3 Å². The van der Waals surface area contributed by atoms with E-state index in [1.165, 1.54) is 35.6 Å². The van der Waals surface area contributed by atoms with Crippen molar-refractivity contribution < 1.29 is 31.1 Å². The number of aryl methyl sites for hydroxylation is 2. The summed E-state index contributed by atoms with van der Waals surface area (Å²) < 4.78 is 81.2. The van der Waals surface area contributed by atoms with E-state index >= 15 is 0 Å². The molecule has 0 radical (unpaired) electrons. The number of nitrogens with one attached hydrogen (secondary N) is 2. The van der Waals surface area contributed by atoms with Crippen LogP contribution in [0.5, 0.6) is 0 Å². The van der Waals surface area contributed by atoms with Crippen molar-refractivity contribution >= 4 is 39.2 Å². The van der Waals surface area contributed by atoms with Crippen LogP contribution < -0.4 is 21.5 Å². The maximum Gasteiger partial charge on any atom is 0.416 e. The lowest BCUT2D eigenvalue weighted by atomic mass is 10.1. The topological polar surface area (TPSA) is 85.1 Å². The summed E-state index contributed by atoms with van der Waals surface area (Å²) in [6.45, 7) is 0. The van der Waals surface area contributed by atoms with Gasteiger partial charge < -0.3 is 19.8 Å². The Bertz CT molecular complexity index is 1530. The third-order valence-corrected chi connectivity index (χ3v) is 5.53. The number of halogens is 6. The lowest BCUT2D eigenvalue weighted by molar-refractivity contribution is -0.138.